The van der Waals surface area contributed by atoms with Crippen LogP contribution < -0.4 is 5.32 Å². The molecule has 2 aromatic carbocycles. The van der Waals surface area contributed by atoms with Crippen molar-refractivity contribution < 1.29 is 4.79 Å². The summed E-state index contributed by atoms with van der Waals surface area (Å²) < 4.78 is 1.80. The van der Waals surface area contributed by atoms with Gasteiger partial charge in [-0.05, 0) is 50.6 Å². The second-order valence-electron chi connectivity index (χ2n) is 6.80. The molecule has 2 heterocycles. The van der Waals surface area contributed by atoms with E-state index in [1.807, 2.05) is 32.0 Å². The van der Waals surface area contributed by atoms with Crippen LogP contribution in [0.4, 0.5) is 5.69 Å². The van der Waals surface area contributed by atoms with Crippen molar-refractivity contribution in [2.45, 2.75) is 20.8 Å². The van der Waals surface area contributed by atoms with Crippen molar-refractivity contribution in [2.24, 2.45) is 0 Å². The number of hydrogen-bond acceptors (Lipinski definition) is 4. The van der Waals surface area contributed by atoms with E-state index in [0.29, 0.717) is 16.4 Å². The van der Waals surface area contributed by atoms with Gasteiger partial charge in [0.2, 0.25) is 0 Å². The first-order chi connectivity index (χ1) is 13.9. The number of rotatable bonds is 4. The fourth-order valence-corrected chi connectivity index (χ4v) is 3.39. The molecule has 0 saturated heterocycles. The third-order valence-corrected chi connectivity index (χ3v) is 4.86. The van der Waals surface area contributed by atoms with Crippen LogP contribution in [0.25, 0.3) is 11.4 Å². The number of amides is 1. The smallest absolute Gasteiger partial charge is 0.278 e. The van der Waals surface area contributed by atoms with E-state index in [1.165, 1.54) is 4.80 Å². The van der Waals surface area contributed by atoms with Crippen LogP contribution in [0.1, 0.15) is 27.3 Å². The Morgan fingerprint density at radius 2 is 1.83 bits per heavy atom. The van der Waals surface area contributed by atoms with Gasteiger partial charge in [0.15, 0.2) is 5.69 Å². The molecule has 29 heavy (non-hydrogen) atoms. The summed E-state index contributed by atoms with van der Waals surface area (Å²) in [6.45, 7) is 5.78. The first-order valence-electron chi connectivity index (χ1n) is 9.03. The van der Waals surface area contributed by atoms with E-state index in [9.17, 15) is 4.79 Å². The molecule has 0 atom stereocenters. The Kier molecular flexibility index (Phi) is 4.90. The molecule has 0 aliphatic carbocycles. The number of nitrogens with zero attached hydrogens (tertiary/aromatic N) is 5. The van der Waals surface area contributed by atoms with Crippen molar-refractivity contribution in [1.29, 1.82) is 0 Å². The third kappa shape index (κ3) is 3.77. The molecule has 7 nitrogen and oxygen atoms in total. The zero-order valence-corrected chi connectivity index (χ0v) is 17.0. The average Bonchev–Trinajstić information content (AvgIpc) is 3.32. The van der Waals surface area contributed by atoms with Crippen molar-refractivity contribution in [1.82, 2.24) is 24.5 Å². The quantitative estimate of drug-likeness (QED) is 0.548. The van der Waals surface area contributed by atoms with Crippen LogP contribution in [0.15, 0.2) is 55.1 Å². The molecule has 0 unspecified atom stereocenters. The summed E-state index contributed by atoms with van der Waals surface area (Å²) in [6.07, 6.45) is 5.14. The molecule has 1 N–H and O–H groups in total. The van der Waals surface area contributed by atoms with E-state index in [1.54, 1.807) is 42.3 Å². The van der Waals surface area contributed by atoms with Crippen LogP contribution in [-0.4, -0.2) is 30.5 Å². The molecule has 0 aliphatic heterocycles. The van der Waals surface area contributed by atoms with Gasteiger partial charge in [0, 0.05) is 18.1 Å². The van der Waals surface area contributed by atoms with Crippen LogP contribution in [0.2, 0.25) is 5.02 Å². The normalized spacial score (nSPS) is 10.9. The van der Waals surface area contributed by atoms with Gasteiger partial charge in [-0.3, -0.25) is 4.79 Å². The van der Waals surface area contributed by atoms with Crippen molar-refractivity contribution in [3.63, 3.8) is 0 Å². The summed E-state index contributed by atoms with van der Waals surface area (Å²) in [4.78, 5) is 18.3. The fraction of sp³-hybridized carbons (Fsp3) is 0.143. The lowest BCUT2D eigenvalue weighted by atomic mass is 10.1. The van der Waals surface area contributed by atoms with Crippen LogP contribution in [0.5, 0.6) is 0 Å². The van der Waals surface area contributed by atoms with Gasteiger partial charge in [-0.1, -0.05) is 29.3 Å². The maximum atomic E-state index is 12.8. The lowest BCUT2D eigenvalue weighted by Crippen LogP contribution is -2.14. The fourth-order valence-electron chi connectivity index (χ4n) is 3.11. The number of imidazole rings is 1. The predicted octanol–water partition coefficient (Wildman–Crippen LogP) is 4.28. The van der Waals surface area contributed by atoms with Gasteiger partial charge in [0.05, 0.1) is 28.4 Å². The van der Waals surface area contributed by atoms with Gasteiger partial charge >= 0.3 is 0 Å². The highest BCUT2D eigenvalue weighted by molar-refractivity contribution is 6.32. The van der Waals surface area contributed by atoms with Crippen LogP contribution >= 0.6 is 11.6 Å². The number of aromatic nitrogens is 5. The summed E-state index contributed by atoms with van der Waals surface area (Å²) in [5.41, 5.74) is 5.19. The standard InChI is InChI=1S/C21H19ClN6O/c1-13-4-6-18(14(2)10-13)28-25-15(3)20(26-28)21(29)24-16-5-7-19(17(22)11-16)27-9-8-23-12-27/h4-12H,1-3H3,(H,24,29). The highest BCUT2D eigenvalue weighted by Gasteiger charge is 2.18. The van der Waals surface area contributed by atoms with Gasteiger partial charge < -0.3 is 9.88 Å². The van der Waals surface area contributed by atoms with E-state index in [0.717, 1.165) is 22.5 Å². The molecular weight excluding hydrogens is 388 g/mol. The lowest BCUT2D eigenvalue weighted by Gasteiger charge is -2.08. The first-order valence-corrected chi connectivity index (χ1v) is 9.41. The third-order valence-electron chi connectivity index (χ3n) is 4.55. The van der Waals surface area contributed by atoms with Gasteiger partial charge in [-0.2, -0.15) is 9.90 Å². The Bertz CT molecular complexity index is 1200. The highest BCUT2D eigenvalue weighted by Crippen LogP contribution is 2.25. The van der Waals surface area contributed by atoms with Gasteiger partial charge in [0.1, 0.15) is 0 Å². The Balaban J connectivity index is 1.58. The maximum Gasteiger partial charge on any atom is 0.278 e. The number of halogens is 1. The summed E-state index contributed by atoms with van der Waals surface area (Å²) in [6, 6.07) is 11.3. The minimum atomic E-state index is -0.343. The number of anilines is 1. The van der Waals surface area contributed by atoms with Crippen molar-refractivity contribution in [2.75, 3.05) is 5.32 Å². The lowest BCUT2D eigenvalue weighted by molar-refractivity contribution is 0.102. The molecule has 0 aliphatic rings. The van der Waals surface area contributed by atoms with Crippen LogP contribution in [0, 0.1) is 20.8 Å². The SMILES string of the molecule is Cc1ccc(-n2nc(C)c(C(=O)Nc3ccc(-n4ccnc4)c(Cl)c3)n2)c(C)c1. The summed E-state index contributed by atoms with van der Waals surface area (Å²) >= 11 is 6.36. The number of hydrogen-bond donors (Lipinski definition) is 1. The molecule has 0 radical (unpaired) electrons. The topological polar surface area (TPSA) is 77.6 Å². The van der Waals surface area contributed by atoms with Crippen molar-refractivity contribution in [3.8, 4) is 11.4 Å². The second-order valence-corrected chi connectivity index (χ2v) is 7.21. The maximum absolute atomic E-state index is 12.8. The van der Waals surface area contributed by atoms with E-state index in [4.69, 9.17) is 11.6 Å². The van der Waals surface area contributed by atoms with E-state index in [-0.39, 0.29) is 11.6 Å². The predicted molar refractivity (Wildman–Crippen MR) is 112 cm³/mol. The minimum absolute atomic E-state index is 0.264. The molecule has 146 valence electrons. The molecule has 2 aromatic heterocycles. The molecule has 4 rings (SSSR count). The van der Waals surface area contributed by atoms with Crippen LogP contribution in [0.3, 0.4) is 0 Å². The van der Waals surface area contributed by atoms with Crippen molar-refractivity contribution in [3.05, 3.63) is 82.7 Å². The Morgan fingerprint density at radius 3 is 2.52 bits per heavy atom. The van der Waals surface area contributed by atoms with Crippen molar-refractivity contribution >= 4 is 23.2 Å². The summed E-state index contributed by atoms with van der Waals surface area (Å²) in [5, 5.41) is 12.1. The first kappa shape index (κ1) is 18.9. The zero-order valence-electron chi connectivity index (χ0n) is 16.2. The monoisotopic (exact) mass is 406 g/mol. The Hall–Kier alpha value is -3.45. The molecule has 4 aromatic rings. The molecule has 0 bridgehead atoms. The molecule has 0 saturated carbocycles. The second kappa shape index (κ2) is 7.52. The Labute approximate surface area is 173 Å². The van der Waals surface area contributed by atoms with Gasteiger partial charge in [-0.15, -0.1) is 5.10 Å². The summed E-state index contributed by atoms with van der Waals surface area (Å²) in [5.74, 6) is -0.343. The number of carbonyl (C=O) groups is 1. The number of carbonyl (C=O) groups excluding carboxylic acids is 1. The van der Waals surface area contributed by atoms with E-state index < -0.39 is 0 Å². The number of benzene rings is 2. The largest absolute Gasteiger partial charge is 0.320 e. The number of nitrogens with one attached hydrogen (secondary N) is 1. The molecular formula is C21H19ClN6O. The van der Waals surface area contributed by atoms with Gasteiger partial charge in [-0.25, -0.2) is 4.98 Å². The molecule has 8 heteroatoms. The summed E-state index contributed by atoms with van der Waals surface area (Å²) in [7, 11) is 0. The minimum Gasteiger partial charge on any atom is -0.320 e. The molecule has 1 amide bonds. The molecule has 0 fully saturated rings. The van der Waals surface area contributed by atoms with Crippen LogP contribution in [-0.2, 0) is 0 Å². The zero-order chi connectivity index (χ0) is 20.5. The van der Waals surface area contributed by atoms with E-state index >= 15 is 0 Å². The number of aryl methyl sites for hydroxylation is 3. The average molecular weight is 407 g/mol. The molecule has 0 spiro atoms. The van der Waals surface area contributed by atoms with E-state index in [2.05, 4.69) is 26.6 Å². The highest BCUT2D eigenvalue weighted by atomic mass is 35.5. The Morgan fingerprint density at radius 1 is 1.03 bits per heavy atom. The van der Waals surface area contributed by atoms with Gasteiger partial charge in [0.25, 0.3) is 5.91 Å².